The van der Waals surface area contributed by atoms with E-state index >= 15 is 0 Å². The number of halogens is 1. The zero-order valence-electron chi connectivity index (χ0n) is 12.6. The molecule has 1 nitrogen and oxygen atoms in total. The highest BCUT2D eigenvalue weighted by atomic mass is 32.2. The fourth-order valence-electron chi connectivity index (χ4n) is 2.58. The van der Waals surface area contributed by atoms with Crippen LogP contribution in [0, 0.1) is 33.5 Å². The van der Waals surface area contributed by atoms with Crippen LogP contribution >= 0.6 is 11.8 Å². The lowest BCUT2D eigenvalue weighted by molar-refractivity contribution is 0.566. The van der Waals surface area contributed by atoms with Crippen LogP contribution in [0.15, 0.2) is 44.5 Å². The van der Waals surface area contributed by atoms with E-state index < -0.39 is 0 Å². The molecule has 1 heterocycles. The Kier molecular flexibility index (Phi) is 3.54. The second-order valence-electron chi connectivity index (χ2n) is 5.38. The van der Waals surface area contributed by atoms with Crippen molar-refractivity contribution in [2.75, 3.05) is 0 Å². The normalized spacial score (nSPS) is 11.3. The Morgan fingerprint density at radius 1 is 0.952 bits per heavy atom. The quantitative estimate of drug-likeness (QED) is 0.579. The molecular weight excluding hydrogens is 283 g/mol. The summed E-state index contributed by atoms with van der Waals surface area (Å²) in [5.41, 5.74) is 4.61. The summed E-state index contributed by atoms with van der Waals surface area (Å²) in [5, 5.41) is 1.17. The van der Waals surface area contributed by atoms with Gasteiger partial charge in [-0.2, -0.15) is 0 Å². The van der Waals surface area contributed by atoms with E-state index in [-0.39, 0.29) is 5.82 Å². The van der Waals surface area contributed by atoms with Gasteiger partial charge in [0.15, 0.2) is 0 Å². The van der Waals surface area contributed by atoms with E-state index in [4.69, 9.17) is 4.42 Å². The van der Waals surface area contributed by atoms with Gasteiger partial charge in [-0.05, 0) is 68.7 Å². The van der Waals surface area contributed by atoms with Crippen molar-refractivity contribution in [3.63, 3.8) is 0 Å². The van der Waals surface area contributed by atoms with Crippen LogP contribution in [0.3, 0.4) is 0 Å². The Bertz CT molecular complexity index is 816. The summed E-state index contributed by atoms with van der Waals surface area (Å²) < 4.78 is 19.0. The second-order valence-corrected chi connectivity index (χ2v) is 6.47. The highest BCUT2D eigenvalue weighted by molar-refractivity contribution is 7.99. The lowest BCUT2D eigenvalue weighted by Crippen LogP contribution is -1.85. The van der Waals surface area contributed by atoms with Crippen LogP contribution in [0.5, 0.6) is 0 Å². The number of aryl methyl sites for hydroxylation is 4. The van der Waals surface area contributed by atoms with Gasteiger partial charge < -0.3 is 4.42 Å². The second kappa shape index (κ2) is 5.23. The van der Waals surface area contributed by atoms with Gasteiger partial charge in [0.1, 0.15) is 17.2 Å². The summed E-state index contributed by atoms with van der Waals surface area (Å²) >= 11 is 1.63. The number of hydrogen-bond acceptors (Lipinski definition) is 2. The van der Waals surface area contributed by atoms with Gasteiger partial charge in [-0.1, -0.05) is 17.8 Å². The summed E-state index contributed by atoms with van der Waals surface area (Å²) in [7, 11) is 0. The SMILES string of the molecule is Cc1cc(C)c2c(Sc3ccc(F)cc3)c(C)oc2c1C. The summed E-state index contributed by atoms with van der Waals surface area (Å²) in [6, 6.07) is 8.77. The van der Waals surface area contributed by atoms with Gasteiger partial charge in [-0.3, -0.25) is 0 Å². The van der Waals surface area contributed by atoms with Crippen molar-refractivity contribution in [3.8, 4) is 0 Å². The van der Waals surface area contributed by atoms with Crippen molar-refractivity contribution in [1.82, 2.24) is 0 Å². The fourth-order valence-corrected chi connectivity index (χ4v) is 3.63. The molecular formula is C18H17FOS. The highest BCUT2D eigenvalue weighted by Gasteiger charge is 2.17. The fraction of sp³-hybridized carbons (Fsp3) is 0.222. The van der Waals surface area contributed by atoms with E-state index in [9.17, 15) is 4.39 Å². The number of hydrogen-bond donors (Lipinski definition) is 0. The van der Waals surface area contributed by atoms with Gasteiger partial charge in [0.25, 0.3) is 0 Å². The Labute approximate surface area is 128 Å². The Morgan fingerprint density at radius 2 is 1.62 bits per heavy atom. The molecule has 3 heteroatoms. The number of rotatable bonds is 2. The molecule has 0 N–H and O–H groups in total. The molecule has 0 spiro atoms. The predicted octanol–water partition coefficient (Wildman–Crippen LogP) is 5.96. The molecule has 0 aliphatic carbocycles. The van der Waals surface area contributed by atoms with Crippen molar-refractivity contribution < 1.29 is 8.81 Å². The van der Waals surface area contributed by atoms with Gasteiger partial charge in [0, 0.05) is 10.3 Å². The monoisotopic (exact) mass is 300 g/mol. The maximum absolute atomic E-state index is 13.0. The molecule has 3 rings (SSSR count). The zero-order valence-corrected chi connectivity index (χ0v) is 13.4. The number of furan rings is 1. The third-order valence-corrected chi connectivity index (χ3v) is 5.03. The largest absolute Gasteiger partial charge is 0.460 e. The molecule has 0 aliphatic heterocycles. The molecule has 0 amide bonds. The minimum atomic E-state index is -0.212. The Hall–Kier alpha value is -1.74. The first-order valence-electron chi connectivity index (χ1n) is 6.90. The van der Waals surface area contributed by atoms with Crippen LogP contribution in [-0.2, 0) is 0 Å². The molecule has 1 aromatic heterocycles. The predicted molar refractivity (Wildman–Crippen MR) is 85.7 cm³/mol. The van der Waals surface area contributed by atoms with E-state index in [1.807, 2.05) is 6.92 Å². The third kappa shape index (κ3) is 2.46. The smallest absolute Gasteiger partial charge is 0.138 e. The average molecular weight is 300 g/mol. The first-order chi connectivity index (χ1) is 9.97. The van der Waals surface area contributed by atoms with Crippen LogP contribution in [-0.4, -0.2) is 0 Å². The van der Waals surface area contributed by atoms with Crippen LogP contribution in [0.4, 0.5) is 4.39 Å². The van der Waals surface area contributed by atoms with Crippen molar-refractivity contribution in [2.24, 2.45) is 0 Å². The molecule has 0 saturated heterocycles. The third-order valence-electron chi connectivity index (χ3n) is 3.82. The average Bonchev–Trinajstić information content (AvgIpc) is 2.77. The minimum Gasteiger partial charge on any atom is -0.460 e. The lowest BCUT2D eigenvalue weighted by atomic mass is 10.0. The van der Waals surface area contributed by atoms with Gasteiger partial charge in [-0.15, -0.1) is 0 Å². The molecule has 0 unspecified atom stereocenters. The van der Waals surface area contributed by atoms with Gasteiger partial charge in [-0.25, -0.2) is 4.39 Å². The van der Waals surface area contributed by atoms with Gasteiger partial charge in [0.2, 0.25) is 0 Å². The van der Waals surface area contributed by atoms with E-state index in [0.29, 0.717) is 0 Å². The maximum Gasteiger partial charge on any atom is 0.138 e. The topological polar surface area (TPSA) is 13.1 Å². The molecule has 21 heavy (non-hydrogen) atoms. The summed E-state index contributed by atoms with van der Waals surface area (Å²) in [6.07, 6.45) is 0. The van der Waals surface area contributed by atoms with E-state index in [0.717, 1.165) is 21.1 Å². The van der Waals surface area contributed by atoms with Crippen molar-refractivity contribution in [1.29, 1.82) is 0 Å². The molecule has 0 fully saturated rings. The van der Waals surface area contributed by atoms with E-state index in [2.05, 4.69) is 26.8 Å². The van der Waals surface area contributed by atoms with Crippen LogP contribution < -0.4 is 0 Å². The van der Waals surface area contributed by atoms with Gasteiger partial charge >= 0.3 is 0 Å². The molecule has 108 valence electrons. The maximum atomic E-state index is 13.0. The summed E-state index contributed by atoms with van der Waals surface area (Å²) in [4.78, 5) is 2.14. The molecule has 3 aromatic rings. The first kappa shape index (κ1) is 14.2. The van der Waals surface area contributed by atoms with Crippen LogP contribution in [0.25, 0.3) is 11.0 Å². The summed E-state index contributed by atoms with van der Waals surface area (Å²) in [6.45, 7) is 8.29. The highest BCUT2D eigenvalue weighted by Crippen LogP contribution is 2.41. The first-order valence-corrected chi connectivity index (χ1v) is 7.72. The standard InChI is InChI=1S/C18H17FOS/c1-10-9-11(2)16-17(12(10)3)20-13(4)18(16)21-15-7-5-14(19)6-8-15/h5-9H,1-4H3. The molecule has 0 radical (unpaired) electrons. The van der Waals surface area contributed by atoms with Crippen molar-refractivity contribution in [3.05, 3.63) is 58.6 Å². The Morgan fingerprint density at radius 3 is 2.29 bits per heavy atom. The molecule has 0 bridgehead atoms. The molecule has 0 atom stereocenters. The zero-order chi connectivity index (χ0) is 15.1. The summed E-state index contributed by atoms with van der Waals surface area (Å²) in [5.74, 6) is 0.701. The van der Waals surface area contributed by atoms with E-state index in [1.54, 1.807) is 23.9 Å². The minimum absolute atomic E-state index is 0.212. The lowest BCUT2D eigenvalue weighted by Gasteiger charge is -2.06. The van der Waals surface area contributed by atoms with Crippen molar-refractivity contribution >= 4 is 22.7 Å². The molecule has 0 saturated carbocycles. The molecule has 0 aliphatic rings. The Balaban J connectivity index is 2.16. The van der Waals surface area contributed by atoms with Crippen LogP contribution in [0.2, 0.25) is 0 Å². The number of benzene rings is 2. The van der Waals surface area contributed by atoms with Crippen LogP contribution in [0.1, 0.15) is 22.5 Å². The van der Waals surface area contributed by atoms with Crippen molar-refractivity contribution in [2.45, 2.75) is 37.5 Å². The van der Waals surface area contributed by atoms with E-state index in [1.165, 1.54) is 34.2 Å². The number of fused-ring (bicyclic) bond motifs is 1. The van der Waals surface area contributed by atoms with Gasteiger partial charge in [0.05, 0.1) is 4.90 Å². The molecule has 2 aromatic carbocycles.